The van der Waals surface area contributed by atoms with E-state index in [0.717, 1.165) is 31.4 Å². The number of amides is 1. The number of hydrogen-bond acceptors (Lipinski definition) is 6. The van der Waals surface area contributed by atoms with E-state index in [4.69, 9.17) is 4.42 Å². The number of carbonyl (C=O) groups is 1. The van der Waals surface area contributed by atoms with E-state index < -0.39 is 12.3 Å². The molecule has 0 saturated heterocycles. The number of H-pyrrole nitrogens is 1. The summed E-state index contributed by atoms with van der Waals surface area (Å²) < 4.78 is 30.4. The van der Waals surface area contributed by atoms with E-state index in [1.807, 2.05) is 11.0 Å². The summed E-state index contributed by atoms with van der Waals surface area (Å²) in [4.78, 5) is 19.4. The first-order valence-corrected chi connectivity index (χ1v) is 9.53. The molecule has 3 aromatic heterocycles. The van der Waals surface area contributed by atoms with Crippen molar-refractivity contribution >= 4 is 5.91 Å². The van der Waals surface area contributed by atoms with E-state index >= 15 is 0 Å². The smallest absolute Gasteiger partial charge is 0.314 e. The van der Waals surface area contributed by atoms with Gasteiger partial charge in [-0.25, -0.2) is 0 Å². The Balaban J connectivity index is 1.43. The number of nitrogens with one attached hydrogen (secondary N) is 1. The quantitative estimate of drug-likeness (QED) is 0.720. The van der Waals surface area contributed by atoms with Crippen molar-refractivity contribution in [3.8, 4) is 11.5 Å². The molecular formula is C19H18F2N6O2. The van der Waals surface area contributed by atoms with Crippen LogP contribution < -0.4 is 0 Å². The minimum atomic E-state index is -2.85. The lowest BCUT2D eigenvalue weighted by Crippen LogP contribution is -2.41. The second-order valence-electron chi connectivity index (χ2n) is 7.37. The van der Waals surface area contributed by atoms with Gasteiger partial charge in [-0.3, -0.25) is 14.9 Å². The van der Waals surface area contributed by atoms with Crippen molar-refractivity contribution in [1.29, 1.82) is 0 Å². The first-order valence-electron chi connectivity index (χ1n) is 9.53. The largest absolute Gasteiger partial charge is 0.415 e. The summed E-state index contributed by atoms with van der Waals surface area (Å²) in [5, 5.41) is 14.1. The molecule has 2 atom stereocenters. The number of rotatable bonds is 4. The van der Waals surface area contributed by atoms with Gasteiger partial charge >= 0.3 is 6.43 Å². The van der Waals surface area contributed by atoms with Crippen LogP contribution in [0.1, 0.15) is 65.7 Å². The second-order valence-corrected chi connectivity index (χ2v) is 7.37. The first-order chi connectivity index (χ1) is 14.1. The molecular weight excluding hydrogens is 382 g/mol. The van der Waals surface area contributed by atoms with Crippen LogP contribution in [0.15, 0.2) is 28.9 Å². The van der Waals surface area contributed by atoms with E-state index in [-0.39, 0.29) is 23.8 Å². The second kappa shape index (κ2) is 7.02. The molecule has 150 valence electrons. The molecule has 4 heterocycles. The number of pyridine rings is 1. The van der Waals surface area contributed by atoms with Gasteiger partial charge in [0.2, 0.25) is 5.89 Å². The summed E-state index contributed by atoms with van der Waals surface area (Å²) in [5.41, 5.74) is 2.51. The zero-order valence-electron chi connectivity index (χ0n) is 15.4. The Morgan fingerprint density at radius 3 is 2.86 bits per heavy atom. The average Bonchev–Trinajstić information content (AvgIpc) is 3.48. The van der Waals surface area contributed by atoms with E-state index in [2.05, 4.69) is 25.4 Å². The normalized spacial score (nSPS) is 21.8. The molecule has 0 aromatic carbocycles. The van der Waals surface area contributed by atoms with E-state index in [1.54, 1.807) is 12.3 Å². The molecule has 8 nitrogen and oxygen atoms in total. The van der Waals surface area contributed by atoms with Gasteiger partial charge in [0, 0.05) is 30.0 Å². The maximum atomic E-state index is 13.2. The fraction of sp³-hybridized carbons (Fsp3) is 0.421. The Kier molecular flexibility index (Phi) is 4.33. The molecule has 0 bridgehead atoms. The van der Waals surface area contributed by atoms with E-state index in [0.29, 0.717) is 23.4 Å². The Labute approximate surface area is 164 Å². The summed E-state index contributed by atoms with van der Waals surface area (Å²) in [6.45, 7) is 0.426. The lowest BCUT2D eigenvalue weighted by molar-refractivity contribution is 0.0624. The molecule has 10 heteroatoms. The molecule has 0 unspecified atom stereocenters. The van der Waals surface area contributed by atoms with Crippen molar-refractivity contribution in [1.82, 2.24) is 30.3 Å². The summed E-state index contributed by atoms with van der Waals surface area (Å²) in [6, 6.07) is 3.62. The van der Waals surface area contributed by atoms with Crippen molar-refractivity contribution in [2.45, 2.75) is 50.6 Å². The van der Waals surface area contributed by atoms with Crippen LogP contribution in [0.25, 0.3) is 11.5 Å². The summed E-state index contributed by atoms with van der Waals surface area (Å²) in [5.74, 6) is -0.735. The molecule has 1 aliphatic heterocycles. The highest BCUT2D eigenvalue weighted by Crippen LogP contribution is 2.39. The standard InChI is InChI=1S/C19H18F2N6O2/c20-16(21)18-26-25-17(29-18)10-7-12-14(22-8-10)9-27(19(12)28)15-4-2-1-3-11(15)13-5-6-23-24-13/h5-8,11,15-16H,1-4,9H2,(H,23,24)/t11-,15+/m0/s1. The molecule has 29 heavy (non-hydrogen) atoms. The number of fused-ring (bicyclic) bond motifs is 1. The van der Waals surface area contributed by atoms with Crippen LogP contribution in [0.4, 0.5) is 8.78 Å². The van der Waals surface area contributed by atoms with Crippen LogP contribution in [0.5, 0.6) is 0 Å². The number of aromatic nitrogens is 5. The van der Waals surface area contributed by atoms with Crippen molar-refractivity contribution in [2.24, 2.45) is 0 Å². The molecule has 1 aliphatic carbocycles. The molecule has 3 aromatic rings. The maximum absolute atomic E-state index is 13.2. The van der Waals surface area contributed by atoms with Crippen LogP contribution in [-0.4, -0.2) is 42.2 Å². The average molecular weight is 400 g/mol. The minimum absolute atomic E-state index is 0.0585. The fourth-order valence-corrected chi connectivity index (χ4v) is 4.34. The predicted molar refractivity (Wildman–Crippen MR) is 95.9 cm³/mol. The summed E-state index contributed by atoms with van der Waals surface area (Å²) >= 11 is 0. The molecule has 1 amide bonds. The highest BCUT2D eigenvalue weighted by Gasteiger charge is 2.39. The molecule has 1 N–H and O–H groups in total. The van der Waals surface area contributed by atoms with Crippen LogP contribution >= 0.6 is 0 Å². The Morgan fingerprint density at radius 2 is 2.10 bits per heavy atom. The van der Waals surface area contributed by atoms with Gasteiger partial charge in [-0.05, 0) is 25.0 Å². The highest BCUT2D eigenvalue weighted by molar-refractivity contribution is 5.99. The van der Waals surface area contributed by atoms with Crippen molar-refractivity contribution in [3.63, 3.8) is 0 Å². The molecule has 2 aliphatic rings. The van der Waals surface area contributed by atoms with E-state index in [1.165, 1.54) is 6.20 Å². The number of alkyl halides is 2. The zero-order valence-corrected chi connectivity index (χ0v) is 15.4. The number of halogens is 2. The predicted octanol–water partition coefficient (Wildman–Crippen LogP) is 3.47. The number of carbonyl (C=O) groups excluding carboxylic acids is 1. The number of hydrogen-bond donors (Lipinski definition) is 1. The third-order valence-corrected chi connectivity index (χ3v) is 5.71. The highest BCUT2D eigenvalue weighted by atomic mass is 19.3. The molecule has 1 saturated carbocycles. The van der Waals surface area contributed by atoms with Gasteiger partial charge in [-0.15, -0.1) is 10.2 Å². The maximum Gasteiger partial charge on any atom is 0.314 e. The van der Waals surface area contributed by atoms with E-state index in [9.17, 15) is 13.6 Å². The molecule has 1 fully saturated rings. The van der Waals surface area contributed by atoms with Gasteiger partial charge in [-0.1, -0.05) is 12.8 Å². The minimum Gasteiger partial charge on any atom is -0.415 e. The molecule has 0 spiro atoms. The van der Waals surface area contributed by atoms with Gasteiger partial charge in [0.1, 0.15) is 0 Å². The van der Waals surface area contributed by atoms with Crippen molar-refractivity contribution in [2.75, 3.05) is 0 Å². The van der Waals surface area contributed by atoms with Crippen LogP contribution in [-0.2, 0) is 6.54 Å². The van der Waals surface area contributed by atoms with Gasteiger partial charge in [-0.2, -0.15) is 13.9 Å². The Morgan fingerprint density at radius 1 is 1.24 bits per heavy atom. The molecule has 0 radical (unpaired) electrons. The summed E-state index contributed by atoms with van der Waals surface area (Å²) in [7, 11) is 0. The fourth-order valence-electron chi connectivity index (χ4n) is 4.34. The van der Waals surface area contributed by atoms with Crippen LogP contribution in [0.2, 0.25) is 0 Å². The number of aromatic amines is 1. The SMILES string of the molecule is O=C1c2cc(-c3nnc(C(F)F)o3)cnc2CN1[C@@H]1CCCC[C@H]1c1ccn[nH]1. The monoisotopic (exact) mass is 400 g/mol. The first kappa shape index (κ1) is 17.9. The third kappa shape index (κ3) is 3.08. The molecule has 5 rings (SSSR count). The van der Waals surface area contributed by atoms with Crippen molar-refractivity contribution in [3.05, 3.63) is 47.4 Å². The van der Waals surface area contributed by atoms with Gasteiger partial charge in [0.25, 0.3) is 11.8 Å². The summed E-state index contributed by atoms with van der Waals surface area (Å²) in [6.07, 6.45) is 4.44. The topological polar surface area (TPSA) is 101 Å². The lowest BCUT2D eigenvalue weighted by Gasteiger charge is -2.37. The Bertz CT molecular complexity index is 1040. The van der Waals surface area contributed by atoms with Crippen LogP contribution in [0, 0.1) is 0 Å². The van der Waals surface area contributed by atoms with Gasteiger partial charge in [0.15, 0.2) is 0 Å². The van der Waals surface area contributed by atoms with Gasteiger partial charge in [0.05, 0.1) is 23.4 Å². The van der Waals surface area contributed by atoms with Crippen molar-refractivity contribution < 1.29 is 18.0 Å². The van der Waals surface area contributed by atoms with Gasteiger partial charge < -0.3 is 9.32 Å². The third-order valence-electron chi connectivity index (χ3n) is 5.71. The Hall–Kier alpha value is -3.17. The number of nitrogens with zero attached hydrogens (tertiary/aromatic N) is 5. The van der Waals surface area contributed by atoms with Crippen LogP contribution in [0.3, 0.4) is 0 Å². The zero-order chi connectivity index (χ0) is 20.0. The lowest BCUT2D eigenvalue weighted by atomic mass is 9.81.